The number of hydrogen-bond donors (Lipinski definition) is 0. The zero-order chi connectivity index (χ0) is 20.4. The number of hydrogen-bond acceptors (Lipinski definition) is 5. The van der Waals surface area contributed by atoms with Crippen LogP contribution in [-0.4, -0.2) is 50.9 Å². The Morgan fingerprint density at radius 3 is 2.66 bits per heavy atom. The molecule has 6 nitrogen and oxygen atoms in total. The van der Waals surface area contributed by atoms with Crippen molar-refractivity contribution in [3.63, 3.8) is 0 Å². The topological polar surface area (TPSA) is 64.4 Å². The van der Waals surface area contributed by atoms with Crippen LogP contribution in [0.4, 0.5) is 0 Å². The number of ether oxygens (including phenoxy) is 1. The fourth-order valence-corrected chi connectivity index (χ4v) is 5.40. The molecule has 1 aromatic carbocycles. The molecule has 29 heavy (non-hydrogen) atoms. The Bertz CT molecular complexity index is 929. The minimum absolute atomic E-state index is 0.0350. The molecule has 2 fully saturated rings. The van der Waals surface area contributed by atoms with Gasteiger partial charge in [0.1, 0.15) is 0 Å². The van der Waals surface area contributed by atoms with E-state index in [1.165, 1.54) is 18.2 Å². The van der Waals surface area contributed by atoms with E-state index in [9.17, 15) is 9.59 Å². The lowest BCUT2D eigenvalue weighted by atomic mass is 9.98. The summed E-state index contributed by atoms with van der Waals surface area (Å²) in [5, 5.41) is 1.22. The molecule has 0 unspecified atom stereocenters. The summed E-state index contributed by atoms with van der Waals surface area (Å²) in [5.74, 6) is 0.422. The summed E-state index contributed by atoms with van der Waals surface area (Å²) < 4.78 is 7.46. The van der Waals surface area contributed by atoms with Gasteiger partial charge in [0.25, 0.3) is 5.56 Å². The van der Waals surface area contributed by atoms with Crippen molar-refractivity contribution < 1.29 is 9.53 Å². The fourth-order valence-electron chi connectivity index (χ4n) is 4.52. The zero-order valence-corrected chi connectivity index (χ0v) is 18.0. The predicted molar refractivity (Wildman–Crippen MR) is 115 cm³/mol. The van der Waals surface area contributed by atoms with Crippen LogP contribution in [0.25, 0.3) is 10.9 Å². The number of rotatable bonds is 5. The maximum atomic E-state index is 13.1. The van der Waals surface area contributed by atoms with Crippen LogP contribution in [-0.2, 0) is 16.1 Å². The van der Waals surface area contributed by atoms with Crippen molar-refractivity contribution in [3.8, 4) is 0 Å². The van der Waals surface area contributed by atoms with Crippen molar-refractivity contribution >= 4 is 28.6 Å². The number of thioether (sulfide) groups is 1. The number of fused-ring (bicyclic) bond motifs is 1. The first-order valence-corrected chi connectivity index (χ1v) is 11.6. The molecule has 0 spiro atoms. The second kappa shape index (κ2) is 8.88. The summed E-state index contributed by atoms with van der Waals surface area (Å²) in [6.07, 6.45) is 5.29. The highest BCUT2D eigenvalue weighted by Gasteiger charge is 2.29. The van der Waals surface area contributed by atoms with Crippen molar-refractivity contribution in [2.75, 3.05) is 12.4 Å². The van der Waals surface area contributed by atoms with Crippen molar-refractivity contribution in [1.29, 1.82) is 0 Å². The van der Waals surface area contributed by atoms with Crippen molar-refractivity contribution in [2.24, 2.45) is 0 Å². The van der Waals surface area contributed by atoms with Crippen molar-refractivity contribution in [2.45, 2.75) is 75.8 Å². The summed E-state index contributed by atoms with van der Waals surface area (Å²) in [5.41, 5.74) is 0.622. The first-order valence-electron chi connectivity index (χ1n) is 10.6. The van der Waals surface area contributed by atoms with E-state index in [0.29, 0.717) is 28.4 Å². The number of nitrogens with zero attached hydrogens (tertiary/aromatic N) is 3. The molecule has 0 N–H and O–H groups in total. The molecule has 3 heterocycles. The van der Waals surface area contributed by atoms with Crippen LogP contribution in [0.1, 0.15) is 46.0 Å². The smallest absolute Gasteiger partial charge is 0.262 e. The fraction of sp³-hybridized carbons (Fsp3) is 0.591. The Kier molecular flexibility index (Phi) is 6.25. The van der Waals surface area contributed by atoms with E-state index in [0.717, 1.165) is 32.3 Å². The van der Waals surface area contributed by atoms with Crippen LogP contribution < -0.4 is 5.56 Å². The Balaban J connectivity index is 1.59. The number of piperidine rings is 1. The third-order valence-electron chi connectivity index (χ3n) is 6.04. The highest BCUT2D eigenvalue weighted by molar-refractivity contribution is 7.99. The molecule has 0 bridgehead atoms. The van der Waals surface area contributed by atoms with Gasteiger partial charge in [-0.25, -0.2) is 4.98 Å². The van der Waals surface area contributed by atoms with Crippen LogP contribution in [0, 0.1) is 0 Å². The lowest BCUT2D eigenvalue weighted by Crippen LogP contribution is -2.48. The van der Waals surface area contributed by atoms with Crippen LogP contribution in [0.15, 0.2) is 34.2 Å². The quantitative estimate of drug-likeness (QED) is 0.553. The molecule has 1 aromatic heterocycles. The molecular weight excluding hydrogens is 386 g/mol. The third-order valence-corrected chi connectivity index (χ3v) is 7.00. The maximum Gasteiger partial charge on any atom is 0.262 e. The number of benzene rings is 1. The van der Waals surface area contributed by atoms with E-state index < -0.39 is 0 Å². The monoisotopic (exact) mass is 415 g/mol. The highest BCUT2D eigenvalue weighted by Crippen LogP contribution is 2.26. The molecule has 2 saturated heterocycles. The second-order valence-electron chi connectivity index (χ2n) is 8.18. The number of aromatic nitrogens is 2. The van der Waals surface area contributed by atoms with Crippen molar-refractivity contribution in [3.05, 3.63) is 34.6 Å². The van der Waals surface area contributed by atoms with Gasteiger partial charge in [0.2, 0.25) is 5.91 Å². The molecule has 0 radical (unpaired) electrons. The second-order valence-corrected chi connectivity index (χ2v) is 9.12. The molecule has 2 aromatic rings. The Morgan fingerprint density at radius 2 is 1.93 bits per heavy atom. The molecule has 1 amide bonds. The Morgan fingerprint density at radius 1 is 1.17 bits per heavy atom. The SMILES string of the molecule is C[C@H]1CCC[C@H](C)N1C(=O)CSc1nc2ccccc2c(=O)n1C[C@@H]1CCCO1. The molecule has 4 rings (SSSR count). The number of likely N-dealkylation sites (tertiary alicyclic amines) is 1. The average molecular weight is 416 g/mol. The molecular formula is C22H29N3O3S. The van der Waals surface area contributed by atoms with E-state index in [1.54, 1.807) is 4.57 Å². The van der Waals surface area contributed by atoms with Gasteiger partial charge in [0.15, 0.2) is 5.16 Å². The summed E-state index contributed by atoms with van der Waals surface area (Å²) in [7, 11) is 0. The van der Waals surface area contributed by atoms with Gasteiger partial charge in [0, 0.05) is 18.7 Å². The number of carbonyl (C=O) groups is 1. The third kappa shape index (κ3) is 4.36. The molecule has 156 valence electrons. The summed E-state index contributed by atoms with van der Waals surface area (Å²) in [6, 6.07) is 7.95. The van der Waals surface area contributed by atoms with Crippen LogP contribution in [0.3, 0.4) is 0 Å². The number of amides is 1. The van der Waals surface area contributed by atoms with Gasteiger partial charge < -0.3 is 9.64 Å². The number of para-hydroxylation sites is 1. The Labute approximate surface area is 175 Å². The van der Waals surface area contributed by atoms with Gasteiger partial charge in [-0.2, -0.15) is 0 Å². The van der Waals surface area contributed by atoms with Gasteiger partial charge in [0.05, 0.1) is 29.3 Å². The van der Waals surface area contributed by atoms with E-state index >= 15 is 0 Å². The van der Waals surface area contributed by atoms with Gasteiger partial charge in [-0.3, -0.25) is 14.2 Å². The largest absolute Gasteiger partial charge is 0.376 e. The van der Waals surface area contributed by atoms with E-state index in [-0.39, 0.29) is 29.7 Å². The van der Waals surface area contributed by atoms with Crippen molar-refractivity contribution in [1.82, 2.24) is 14.5 Å². The minimum Gasteiger partial charge on any atom is -0.376 e. The lowest BCUT2D eigenvalue weighted by Gasteiger charge is -2.39. The summed E-state index contributed by atoms with van der Waals surface area (Å²) in [6.45, 7) is 5.48. The first kappa shape index (κ1) is 20.4. The minimum atomic E-state index is -0.0549. The zero-order valence-electron chi connectivity index (χ0n) is 17.2. The van der Waals surface area contributed by atoms with E-state index in [4.69, 9.17) is 9.72 Å². The Hall–Kier alpha value is -1.86. The van der Waals surface area contributed by atoms with Gasteiger partial charge >= 0.3 is 0 Å². The van der Waals surface area contributed by atoms with Gasteiger partial charge in [-0.1, -0.05) is 23.9 Å². The number of carbonyl (C=O) groups excluding carboxylic acids is 1. The maximum absolute atomic E-state index is 13.1. The summed E-state index contributed by atoms with van der Waals surface area (Å²) >= 11 is 1.37. The van der Waals surface area contributed by atoms with Crippen LogP contribution >= 0.6 is 11.8 Å². The van der Waals surface area contributed by atoms with E-state index in [2.05, 4.69) is 13.8 Å². The first-order chi connectivity index (χ1) is 14.0. The lowest BCUT2D eigenvalue weighted by molar-refractivity contribution is -0.134. The normalized spacial score (nSPS) is 24.9. The molecule has 3 atom stereocenters. The molecule has 7 heteroatoms. The molecule has 0 saturated carbocycles. The standard InChI is InChI=1S/C22H29N3O3S/c1-15-7-5-8-16(2)25(15)20(26)14-29-22-23-19-11-4-3-10-18(19)21(27)24(22)13-17-9-6-12-28-17/h3-4,10-11,15-17H,5-9,12-14H2,1-2H3/t15-,16-,17-/m0/s1. The molecule has 2 aliphatic rings. The average Bonchev–Trinajstić information content (AvgIpc) is 3.22. The summed E-state index contributed by atoms with van der Waals surface area (Å²) in [4.78, 5) is 32.9. The predicted octanol–water partition coefficient (Wildman–Crippen LogP) is 3.46. The van der Waals surface area contributed by atoms with E-state index in [1.807, 2.05) is 29.2 Å². The van der Waals surface area contributed by atoms with Crippen LogP contribution in [0.2, 0.25) is 0 Å². The van der Waals surface area contributed by atoms with Gasteiger partial charge in [-0.05, 0) is 58.1 Å². The van der Waals surface area contributed by atoms with Crippen LogP contribution in [0.5, 0.6) is 0 Å². The highest BCUT2D eigenvalue weighted by atomic mass is 32.2. The molecule has 0 aliphatic carbocycles. The molecule has 2 aliphatic heterocycles. The van der Waals surface area contributed by atoms with Gasteiger partial charge in [-0.15, -0.1) is 0 Å².